The minimum absolute atomic E-state index is 0.0868. The van der Waals surface area contributed by atoms with Crippen molar-refractivity contribution in [1.82, 2.24) is 5.06 Å². The fourth-order valence-corrected chi connectivity index (χ4v) is 9.19. The molecule has 0 N–H and O–H groups in total. The molecule has 2 aromatic carbocycles. The summed E-state index contributed by atoms with van der Waals surface area (Å²) in [6, 6.07) is 19.7. The van der Waals surface area contributed by atoms with Crippen LogP contribution >= 0.6 is 7.14 Å². The predicted molar refractivity (Wildman–Crippen MR) is 189 cm³/mol. The lowest BCUT2D eigenvalue weighted by molar-refractivity contribution is -0.272. The smallest absolute Gasteiger partial charge is 0.102 e. The third kappa shape index (κ3) is 14.1. The maximum atomic E-state index is 14.3. The van der Waals surface area contributed by atoms with Crippen molar-refractivity contribution in [3.8, 4) is 0 Å². The SMILES string of the molecule is CCCCCCCCP(=O)(CCCCCCCC)Cc1ccc(C(C)ON(C(c2ccccc2)C(C)C)C(C)(C)C)cc1. The van der Waals surface area contributed by atoms with Gasteiger partial charge in [-0.05, 0) is 63.1 Å². The molecule has 244 valence electrons. The highest BCUT2D eigenvalue weighted by Crippen LogP contribution is 2.51. The predicted octanol–water partition coefficient (Wildman–Crippen LogP) is 12.8. The van der Waals surface area contributed by atoms with Crippen LogP contribution in [0.15, 0.2) is 54.6 Å². The average Bonchev–Trinajstić information content (AvgIpc) is 2.96. The fraction of sp³-hybridized carbons (Fsp3) is 0.692. The summed E-state index contributed by atoms with van der Waals surface area (Å²) in [6.45, 7) is 17.9. The van der Waals surface area contributed by atoms with Crippen LogP contribution in [0.4, 0.5) is 0 Å². The highest BCUT2D eigenvalue weighted by atomic mass is 31.2. The van der Waals surface area contributed by atoms with E-state index in [9.17, 15) is 4.57 Å². The standard InChI is InChI=1S/C39H66NO2P/c1-9-11-13-15-17-22-30-43(41,31-23-18-16-14-12-10-2)32-35-26-28-36(29-27-35)34(5)42-40(39(6,7)8)38(33(3)4)37-24-20-19-21-25-37/h19-21,24-29,33-34,38H,9-18,22-23,30-32H2,1-8H3. The van der Waals surface area contributed by atoms with Crippen LogP contribution in [0.1, 0.15) is 161 Å². The molecule has 0 bridgehead atoms. The minimum atomic E-state index is -2.23. The van der Waals surface area contributed by atoms with E-state index in [1.807, 2.05) is 0 Å². The van der Waals surface area contributed by atoms with Gasteiger partial charge in [0, 0.05) is 24.0 Å². The summed E-state index contributed by atoms with van der Waals surface area (Å²) in [7, 11) is -2.23. The monoisotopic (exact) mass is 611 g/mol. The Morgan fingerprint density at radius 1 is 0.674 bits per heavy atom. The van der Waals surface area contributed by atoms with Crippen LogP contribution < -0.4 is 0 Å². The molecule has 0 radical (unpaired) electrons. The zero-order valence-electron chi connectivity index (χ0n) is 29.2. The summed E-state index contributed by atoms with van der Waals surface area (Å²) in [5.74, 6) is 0.392. The van der Waals surface area contributed by atoms with Crippen molar-refractivity contribution in [1.29, 1.82) is 0 Å². The van der Waals surface area contributed by atoms with Crippen molar-refractivity contribution in [2.45, 2.75) is 156 Å². The molecule has 0 fully saturated rings. The summed E-state index contributed by atoms with van der Waals surface area (Å²) in [6.07, 6.45) is 17.5. The zero-order valence-corrected chi connectivity index (χ0v) is 30.1. The quantitative estimate of drug-likeness (QED) is 0.0753. The van der Waals surface area contributed by atoms with E-state index in [1.165, 1.54) is 75.3 Å². The van der Waals surface area contributed by atoms with Gasteiger partial charge in [-0.2, -0.15) is 5.06 Å². The van der Waals surface area contributed by atoms with Crippen LogP contribution in [0.2, 0.25) is 0 Å². The highest BCUT2D eigenvalue weighted by Gasteiger charge is 2.34. The van der Waals surface area contributed by atoms with Crippen LogP contribution in [-0.4, -0.2) is 22.9 Å². The first-order chi connectivity index (χ1) is 20.5. The van der Waals surface area contributed by atoms with Gasteiger partial charge in [-0.3, -0.25) is 4.84 Å². The van der Waals surface area contributed by atoms with Crippen molar-refractivity contribution < 1.29 is 9.40 Å². The Bertz CT molecular complexity index is 1010. The molecule has 2 unspecified atom stereocenters. The Hall–Kier alpha value is -1.41. The van der Waals surface area contributed by atoms with E-state index in [1.54, 1.807) is 0 Å². The number of benzene rings is 2. The molecule has 2 rings (SSSR count). The van der Waals surface area contributed by atoms with Gasteiger partial charge in [-0.15, -0.1) is 0 Å². The van der Waals surface area contributed by atoms with E-state index in [0.29, 0.717) is 5.92 Å². The first-order valence-electron chi connectivity index (χ1n) is 17.7. The summed E-state index contributed by atoms with van der Waals surface area (Å²) in [5, 5.41) is 2.21. The van der Waals surface area contributed by atoms with E-state index in [2.05, 4.69) is 115 Å². The maximum absolute atomic E-state index is 14.3. The first kappa shape index (κ1) is 37.8. The van der Waals surface area contributed by atoms with Crippen molar-refractivity contribution in [2.75, 3.05) is 12.3 Å². The lowest BCUT2D eigenvalue weighted by Gasteiger charge is -2.44. The van der Waals surface area contributed by atoms with E-state index in [0.717, 1.165) is 36.9 Å². The van der Waals surface area contributed by atoms with Crippen LogP contribution in [0.5, 0.6) is 0 Å². The van der Waals surface area contributed by atoms with Gasteiger partial charge in [0.1, 0.15) is 6.10 Å². The summed E-state index contributed by atoms with van der Waals surface area (Å²) in [5.41, 5.74) is 3.49. The fourth-order valence-electron chi connectivity index (χ4n) is 6.17. The number of hydrogen-bond acceptors (Lipinski definition) is 3. The van der Waals surface area contributed by atoms with Crippen molar-refractivity contribution >= 4 is 7.14 Å². The molecule has 0 heterocycles. The normalized spacial score (nSPS) is 14.0. The molecule has 3 nitrogen and oxygen atoms in total. The summed E-state index contributed by atoms with van der Waals surface area (Å²) < 4.78 is 14.3. The van der Waals surface area contributed by atoms with Gasteiger partial charge in [-0.25, -0.2) is 0 Å². The summed E-state index contributed by atoms with van der Waals surface area (Å²) in [4.78, 5) is 6.78. The molecule has 2 aromatic rings. The van der Waals surface area contributed by atoms with E-state index in [-0.39, 0.29) is 17.7 Å². The molecular weight excluding hydrogens is 545 g/mol. The van der Waals surface area contributed by atoms with Gasteiger partial charge >= 0.3 is 0 Å². The Morgan fingerprint density at radius 3 is 1.63 bits per heavy atom. The van der Waals surface area contributed by atoms with Crippen LogP contribution in [0.25, 0.3) is 0 Å². The van der Waals surface area contributed by atoms with Crippen LogP contribution in [-0.2, 0) is 15.6 Å². The van der Waals surface area contributed by atoms with Crippen LogP contribution in [0, 0.1) is 5.92 Å². The molecule has 0 amide bonds. The molecule has 0 aliphatic carbocycles. The lowest BCUT2D eigenvalue weighted by Crippen LogP contribution is -2.46. The van der Waals surface area contributed by atoms with E-state index >= 15 is 0 Å². The molecule has 4 heteroatoms. The van der Waals surface area contributed by atoms with Gasteiger partial charge in [0.15, 0.2) is 0 Å². The Kier molecular flexibility index (Phi) is 17.5. The highest BCUT2D eigenvalue weighted by molar-refractivity contribution is 7.63. The molecule has 0 saturated carbocycles. The number of nitrogens with zero attached hydrogens (tertiary/aromatic N) is 1. The van der Waals surface area contributed by atoms with Gasteiger partial charge in [0.25, 0.3) is 0 Å². The minimum Gasteiger partial charge on any atom is -0.323 e. The molecule has 43 heavy (non-hydrogen) atoms. The molecule has 0 spiro atoms. The Labute approximate surface area is 266 Å². The topological polar surface area (TPSA) is 29.5 Å². The van der Waals surface area contributed by atoms with E-state index in [4.69, 9.17) is 4.84 Å². The number of unbranched alkanes of at least 4 members (excludes halogenated alkanes) is 10. The molecular formula is C39H66NO2P. The Balaban J connectivity index is 2.11. The second kappa shape index (κ2) is 19.9. The molecule has 0 aliphatic heterocycles. The van der Waals surface area contributed by atoms with Gasteiger partial charge in [-0.1, -0.05) is 147 Å². The molecule has 2 atom stereocenters. The van der Waals surface area contributed by atoms with Gasteiger partial charge in [0.2, 0.25) is 0 Å². The van der Waals surface area contributed by atoms with Gasteiger partial charge in [0.05, 0.1) is 13.2 Å². The number of hydroxylamine groups is 2. The molecule has 0 saturated heterocycles. The number of rotatable bonds is 22. The zero-order chi connectivity index (χ0) is 31.7. The second-order valence-corrected chi connectivity index (χ2v) is 17.6. The molecule has 0 aromatic heterocycles. The summed E-state index contributed by atoms with van der Waals surface area (Å²) >= 11 is 0. The lowest BCUT2D eigenvalue weighted by atomic mass is 9.92. The first-order valence-corrected chi connectivity index (χ1v) is 19.9. The van der Waals surface area contributed by atoms with Crippen LogP contribution in [0.3, 0.4) is 0 Å². The van der Waals surface area contributed by atoms with Crippen molar-refractivity contribution in [2.24, 2.45) is 5.92 Å². The van der Waals surface area contributed by atoms with E-state index < -0.39 is 7.14 Å². The van der Waals surface area contributed by atoms with Crippen molar-refractivity contribution in [3.05, 3.63) is 71.3 Å². The third-order valence-corrected chi connectivity index (χ3v) is 11.9. The molecule has 0 aliphatic rings. The average molecular weight is 612 g/mol. The maximum Gasteiger partial charge on any atom is 0.102 e. The van der Waals surface area contributed by atoms with Crippen molar-refractivity contribution in [3.63, 3.8) is 0 Å². The third-order valence-electron chi connectivity index (χ3n) is 8.72. The largest absolute Gasteiger partial charge is 0.323 e. The number of hydrogen-bond donors (Lipinski definition) is 0. The second-order valence-electron chi connectivity index (χ2n) is 14.3. The Morgan fingerprint density at radius 2 is 1.16 bits per heavy atom. The van der Waals surface area contributed by atoms with Gasteiger partial charge < -0.3 is 4.57 Å².